The fourth-order valence-electron chi connectivity index (χ4n) is 2.83. The number of likely N-dealkylation sites (tertiary alicyclic amines) is 1. The summed E-state index contributed by atoms with van der Waals surface area (Å²) in [4.78, 5) is 18.1. The van der Waals surface area contributed by atoms with Crippen LogP contribution >= 0.6 is 24.8 Å². The standard InChI is InChI=1S/C15H19FN4O2.2ClH/c16-10-7-13-12(18-8-10)1-2-15(22)20(13)6-5-19-4-3-11(17)14(21)9-19;;/h1-2,7-8,11,14,21H,3-6,9,17H2;2*1H/t11-,14+;;/m1../s1. The van der Waals surface area contributed by atoms with Gasteiger partial charge in [0.15, 0.2) is 0 Å². The monoisotopic (exact) mass is 378 g/mol. The van der Waals surface area contributed by atoms with Crippen LogP contribution in [0, 0.1) is 5.82 Å². The molecule has 0 spiro atoms. The smallest absolute Gasteiger partial charge is 0.251 e. The second-order valence-corrected chi connectivity index (χ2v) is 5.70. The summed E-state index contributed by atoms with van der Waals surface area (Å²) in [5.41, 5.74) is 6.67. The lowest BCUT2D eigenvalue weighted by atomic mass is 10.0. The maximum absolute atomic E-state index is 13.4. The Hall–Kier alpha value is -1.25. The van der Waals surface area contributed by atoms with Gasteiger partial charge in [0.25, 0.3) is 5.56 Å². The van der Waals surface area contributed by atoms with E-state index in [1.165, 1.54) is 16.7 Å². The average molecular weight is 379 g/mol. The lowest BCUT2D eigenvalue weighted by Gasteiger charge is -2.34. The number of halogens is 3. The molecule has 3 N–H and O–H groups in total. The molecule has 1 aliphatic heterocycles. The molecule has 0 saturated carbocycles. The molecule has 1 aliphatic rings. The number of nitrogens with two attached hydrogens (primary N) is 1. The van der Waals surface area contributed by atoms with Crippen LogP contribution in [0.4, 0.5) is 4.39 Å². The molecule has 2 aromatic rings. The first-order valence-corrected chi connectivity index (χ1v) is 7.36. The van der Waals surface area contributed by atoms with Crippen molar-refractivity contribution in [3.63, 3.8) is 0 Å². The summed E-state index contributed by atoms with van der Waals surface area (Å²) >= 11 is 0. The number of aromatic nitrogens is 2. The highest BCUT2D eigenvalue weighted by molar-refractivity contribution is 5.85. The van der Waals surface area contributed by atoms with E-state index in [2.05, 4.69) is 9.88 Å². The van der Waals surface area contributed by atoms with Gasteiger partial charge in [-0.1, -0.05) is 0 Å². The van der Waals surface area contributed by atoms with Crippen LogP contribution in [0.25, 0.3) is 11.0 Å². The van der Waals surface area contributed by atoms with Crippen molar-refractivity contribution in [2.45, 2.75) is 25.1 Å². The van der Waals surface area contributed by atoms with Crippen LogP contribution in [-0.2, 0) is 6.54 Å². The van der Waals surface area contributed by atoms with Crippen molar-refractivity contribution >= 4 is 35.8 Å². The van der Waals surface area contributed by atoms with E-state index in [-0.39, 0.29) is 36.4 Å². The average Bonchev–Trinajstić information content (AvgIpc) is 2.49. The van der Waals surface area contributed by atoms with Gasteiger partial charge in [-0.05, 0) is 19.0 Å². The van der Waals surface area contributed by atoms with Crippen LogP contribution in [0.2, 0.25) is 0 Å². The predicted molar refractivity (Wildman–Crippen MR) is 95.5 cm³/mol. The summed E-state index contributed by atoms with van der Waals surface area (Å²) in [6.45, 7) is 2.29. The van der Waals surface area contributed by atoms with Crippen molar-refractivity contribution in [3.8, 4) is 0 Å². The Bertz CT molecular complexity index is 743. The van der Waals surface area contributed by atoms with E-state index in [4.69, 9.17) is 5.73 Å². The molecule has 3 rings (SSSR count). The lowest BCUT2D eigenvalue weighted by molar-refractivity contribution is 0.0520. The molecule has 0 aliphatic carbocycles. The van der Waals surface area contributed by atoms with Crippen LogP contribution in [0.5, 0.6) is 0 Å². The minimum atomic E-state index is -0.544. The molecule has 2 atom stereocenters. The molecule has 1 fully saturated rings. The normalized spacial score (nSPS) is 21.1. The van der Waals surface area contributed by atoms with E-state index < -0.39 is 11.9 Å². The summed E-state index contributed by atoms with van der Waals surface area (Å²) in [6, 6.07) is 4.17. The fraction of sp³-hybridized carbons (Fsp3) is 0.467. The topological polar surface area (TPSA) is 84.4 Å². The van der Waals surface area contributed by atoms with Crippen LogP contribution in [0.15, 0.2) is 29.2 Å². The second kappa shape index (κ2) is 8.73. The SMILES string of the molecule is Cl.Cl.N[C@@H]1CCN(CCn2c(=O)ccc3ncc(F)cc32)C[C@@H]1O. The fourth-order valence-corrected chi connectivity index (χ4v) is 2.83. The van der Waals surface area contributed by atoms with Crippen molar-refractivity contribution in [2.24, 2.45) is 5.73 Å². The molecule has 9 heteroatoms. The zero-order valence-electron chi connectivity index (χ0n) is 13.0. The zero-order chi connectivity index (χ0) is 15.7. The van der Waals surface area contributed by atoms with Gasteiger partial charge in [0.1, 0.15) is 5.82 Å². The van der Waals surface area contributed by atoms with E-state index in [0.717, 1.165) is 19.2 Å². The lowest BCUT2D eigenvalue weighted by Crippen LogP contribution is -2.51. The van der Waals surface area contributed by atoms with Crippen molar-refractivity contribution in [1.29, 1.82) is 0 Å². The van der Waals surface area contributed by atoms with Gasteiger partial charge in [0.05, 0.1) is 23.3 Å². The van der Waals surface area contributed by atoms with E-state index >= 15 is 0 Å². The molecule has 2 aromatic heterocycles. The summed E-state index contributed by atoms with van der Waals surface area (Å²) in [6.07, 6.45) is 1.32. The first kappa shape index (κ1) is 20.8. The van der Waals surface area contributed by atoms with Gasteiger partial charge >= 0.3 is 0 Å². The van der Waals surface area contributed by atoms with Crippen LogP contribution < -0.4 is 11.3 Å². The van der Waals surface area contributed by atoms with Gasteiger partial charge in [-0.15, -0.1) is 24.8 Å². The molecule has 6 nitrogen and oxygen atoms in total. The molecular weight excluding hydrogens is 358 g/mol. The molecule has 0 amide bonds. The third kappa shape index (κ3) is 4.43. The number of piperidine rings is 1. The third-order valence-corrected chi connectivity index (χ3v) is 4.16. The van der Waals surface area contributed by atoms with Crippen LogP contribution in [0.1, 0.15) is 6.42 Å². The van der Waals surface area contributed by atoms with E-state index in [0.29, 0.717) is 30.7 Å². The summed E-state index contributed by atoms with van der Waals surface area (Å²) in [5, 5.41) is 9.81. The Morgan fingerprint density at radius 2 is 2.08 bits per heavy atom. The van der Waals surface area contributed by atoms with Crippen molar-refractivity contribution in [1.82, 2.24) is 14.5 Å². The summed E-state index contributed by atoms with van der Waals surface area (Å²) in [7, 11) is 0. The van der Waals surface area contributed by atoms with Gasteiger partial charge in [0.2, 0.25) is 0 Å². The first-order valence-electron chi connectivity index (χ1n) is 7.36. The number of pyridine rings is 2. The molecule has 0 bridgehead atoms. The second-order valence-electron chi connectivity index (χ2n) is 5.70. The number of aliphatic hydroxyl groups is 1. The van der Waals surface area contributed by atoms with Gasteiger partial charge in [-0.2, -0.15) is 0 Å². The van der Waals surface area contributed by atoms with E-state index in [1.54, 1.807) is 6.07 Å². The predicted octanol–water partition coefficient (Wildman–Crippen LogP) is 0.773. The number of β-amino-alcohol motifs (C(OH)–C–C–N with tert-alkyl or cyclic N) is 1. The summed E-state index contributed by atoms with van der Waals surface area (Å²) in [5.74, 6) is -0.466. The highest BCUT2D eigenvalue weighted by Crippen LogP contribution is 2.12. The largest absolute Gasteiger partial charge is 0.390 e. The van der Waals surface area contributed by atoms with Gasteiger partial charge < -0.3 is 15.4 Å². The van der Waals surface area contributed by atoms with Gasteiger partial charge in [-0.3, -0.25) is 14.7 Å². The molecule has 134 valence electrons. The number of rotatable bonds is 3. The minimum Gasteiger partial charge on any atom is -0.390 e. The van der Waals surface area contributed by atoms with Crippen molar-refractivity contribution in [3.05, 3.63) is 40.6 Å². The van der Waals surface area contributed by atoms with Crippen molar-refractivity contribution in [2.75, 3.05) is 19.6 Å². The zero-order valence-corrected chi connectivity index (χ0v) is 14.6. The number of hydrogen-bond acceptors (Lipinski definition) is 5. The van der Waals surface area contributed by atoms with Crippen LogP contribution in [0.3, 0.4) is 0 Å². The molecule has 0 radical (unpaired) electrons. The first-order chi connectivity index (χ1) is 10.5. The minimum absolute atomic E-state index is 0. The Morgan fingerprint density at radius 1 is 1.33 bits per heavy atom. The number of hydrogen-bond donors (Lipinski definition) is 2. The molecule has 3 heterocycles. The summed E-state index contributed by atoms with van der Waals surface area (Å²) < 4.78 is 14.9. The molecule has 24 heavy (non-hydrogen) atoms. The maximum Gasteiger partial charge on any atom is 0.251 e. The quantitative estimate of drug-likeness (QED) is 0.823. The van der Waals surface area contributed by atoms with Crippen molar-refractivity contribution < 1.29 is 9.50 Å². The van der Waals surface area contributed by atoms with Gasteiger partial charge in [-0.25, -0.2) is 4.39 Å². The number of aliphatic hydroxyl groups excluding tert-OH is 1. The highest BCUT2D eigenvalue weighted by Gasteiger charge is 2.24. The molecule has 0 aromatic carbocycles. The Kier molecular flexibility index (Phi) is 7.56. The molecule has 0 unspecified atom stereocenters. The third-order valence-electron chi connectivity index (χ3n) is 4.16. The Balaban J connectivity index is 0.00000144. The van der Waals surface area contributed by atoms with Crippen LogP contribution in [-0.4, -0.2) is 51.3 Å². The highest BCUT2D eigenvalue weighted by atomic mass is 35.5. The molecular formula is C15H21Cl2FN4O2. The van der Waals surface area contributed by atoms with Gasteiger partial charge in [0, 0.05) is 37.8 Å². The number of nitrogens with zero attached hydrogens (tertiary/aromatic N) is 3. The Morgan fingerprint density at radius 3 is 2.79 bits per heavy atom. The maximum atomic E-state index is 13.4. The molecule has 1 saturated heterocycles. The Labute approximate surface area is 151 Å². The van der Waals surface area contributed by atoms with E-state index in [1.807, 2.05) is 0 Å². The number of fused-ring (bicyclic) bond motifs is 1. The van der Waals surface area contributed by atoms with E-state index in [9.17, 15) is 14.3 Å².